The molecule has 1 aromatic carbocycles. The maximum atomic E-state index is 3.27. The summed E-state index contributed by atoms with van der Waals surface area (Å²) in [4.78, 5) is 0. The fourth-order valence-electron chi connectivity index (χ4n) is 1.42. The van der Waals surface area contributed by atoms with Crippen LogP contribution in [0.3, 0.4) is 0 Å². The molecule has 0 aliphatic rings. The normalized spacial score (nSPS) is 13.9. The zero-order valence-corrected chi connectivity index (χ0v) is 11.5. The van der Waals surface area contributed by atoms with Gasteiger partial charge >= 0.3 is 0 Å². The monoisotopic (exact) mass is 232 g/mol. The zero-order valence-electron chi connectivity index (χ0n) is 11.5. The predicted molar refractivity (Wildman–Crippen MR) is 75.4 cm³/mol. The molecule has 17 heavy (non-hydrogen) atoms. The molecular formula is C15H24N2. The Bertz CT molecular complexity index is 380. The smallest absolute Gasteiger partial charge is 0.0255 e. The van der Waals surface area contributed by atoms with Crippen molar-refractivity contribution in [1.29, 1.82) is 0 Å². The second-order valence-electron chi connectivity index (χ2n) is 5.02. The van der Waals surface area contributed by atoms with Crippen molar-refractivity contribution in [3.63, 3.8) is 0 Å². The summed E-state index contributed by atoms with van der Waals surface area (Å²) in [5.74, 6) is 0.621. The highest BCUT2D eigenvalue weighted by Gasteiger charge is 2.04. The van der Waals surface area contributed by atoms with Crippen molar-refractivity contribution in [2.24, 2.45) is 5.92 Å². The van der Waals surface area contributed by atoms with Gasteiger partial charge in [-0.15, -0.1) is 0 Å². The Morgan fingerprint density at radius 1 is 1.24 bits per heavy atom. The number of aryl methyl sites for hydroxylation is 1. The van der Waals surface area contributed by atoms with E-state index < -0.39 is 0 Å². The summed E-state index contributed by atoms with van der Waals surface area (Å²) >= 11 is 0. The number of hydrogen-bond acceptors (Lipinski definition) is 2. The molecule has 1 unspecified atom stereocenters. The summed E-state index contributed by atoms with van der Waals surface area (Å²) in [5.41, 5.74) is 10.2. The van der Waals surface area contributed by atoms with Gasteiger partial charge in [0.25, 0.3) is 0 Å². The quantitative estimate of drug-likeness (QED) is 0.759. The molecule has 0 saturated heterocycles. The molecule has 1 atom stereocenters. The Morgan fingerprint density at radius 3 is 2.53 bits per heavy atom. The average molecular weight is 232 g/mol. The molecule has 2 heteroatoms. The fraction of sp³-hybridized carbons (Fsp3) is 0.467. The largest absolute Gasteiger partial charge is 0.328 e. The van der Waals surface area contributed by atoms with Crippen molar-refractivity contribution >= 4 is 5.57 Å². The van der Waals surface area contributed by atoms with E-state index in [9.17, 15) is 0 Å². The number of nitrogens with one attached hydrogen (secondary N) is 2. The molecule has 0 amide bonds. The Hall–Kier alpha value is -1.28. The van der Waals surface area contributed by atoms with E-state index in [0.717, 1.165) is 0 Å². The van der Waals surface area contributed by atoms with Crippen LogP contribution < -0.4 is 10.9 Å². The summed E-state index contributed by atoms with van der Waals surface area (Å²) in [6, 6.07) is 8.98. The van der Waals surface area contributed by atoms with Crippen LogP contribution in [0.2, 0.25) is 0 Å². The number of benzene rings is 1. The first-order valence-electron chi connectivity index (χ1n) is 6.25. The fourth-order valence-corrected chi connectivity index (χ4v) is 1.42. The summed E-state index contributed by atoms with van der Waals surface area (Å²) in [7, 11) is 0. The minimum Gasteiger partial charge on any atom is -0.328 e. The van der Waals surface area contributed by atoms with Crippen LogP contribution in [0.25, 0.3) is 5.57 Å². The molecule has 94 valence electrons. The van der Waals surface area contributed by atoms with Crippen LogP contribution in [0.4, 0.5) is 0 Å². The van der Waals surface area contributed by atoms with Gasteiger partial charge in [-0.05, 0) is 37.8 Å². The van der Waals surface area contributed by atoms with E-state index in [1.807, 2.05) is 6.20 Å². The third-order valence-corrected chi connectivity index (χ3v) is 3.07. The molecule has 0 saturated carbocycles. The second kappa shape index (κ2) is 6.45. The molecule has 0 radical (unpaired) electrons. The summed E-state index contributed by atoms with van der Waals surface area (Å²) in [6.07, 6.45) is 2.02. The maximum absolute atomic E-state index is 3.27. The Kier molecular flexibility index (Phi) is 5.23. The standard InChI is InChI=1S/C15H24N2/c1-11(2)14(5)17-16-10-13(4)15-8-6-7-12(3)9-15/h6-11,14,16-17H,1-5H3/b13-10+. The van der Waals surface area contributed by atoms with Gasteiger partial charge in [0.1, 0.15) is 0 Å². The highest BCUT2D eigenvalue weighted by Crippen LogP contribution is 2.13. The molecule has 1 aromatic rings. The third kappa shape index (κ3) is 4.61. The molecule has 0 aromatic heterocycles. The van der Waals surface area contributed by atoms with Gasteiger partial charge in [-0.25, -0.2) is 5.43 Å². The molecule has 2 N–H and O–H groups in total. The van der Waals surface area contributed by atoms with Gasteiger partial charge in [-0.1, -0.05) is 43.7 Å². The number of hydrazine groups is 1. The molecule has 0 bridgehead atoms. The lowest BCUT2D eigenvalue weighted by Gasteiger charge is -2.17. The van der Waals surface area contributed by atoms with Gasteiger partial charge in [0.15, 0.2) is 0 Å². The first-order valence-corrected chi connectivity index (χ1v) is 6.25. The summed E-state index contributed by atoms with van der Waals surface area (Å²) in [5, 5.41) is 0. The topological polar surface area (TPSA) is 24.1 Å². The van der Waals surface area contributed by atoms with Gasteiger partial charge < -0.3 is 5.43 Å². The van der Waals surface area contributed by atoms with E-state index in [1.54, 1.807) is 0 Å². The lowest BCUT2D eigenvalue weighted by atomic mass is 10.1. The Labute approximate surface area is 105 Å². The van der Waals surface area contributed by atoms with Gasteiger partial charge in [0, 0.05) is 12.2 Å². The van der Waals surface area contributed by atoms with Crippen molar-refractivity contribution in [1.82, 2.24) is 10.9 Å². The van der Waals surface area contributed by atoms with E-state index in [2.05, 4.69) is 69.7 Å². The Balaban J connectivity index is 2.55. The van der Waals surface area contributed by atoms with E-state index in [0.29, 0.717) is 12.0 Å². The first kappa shape index (κ1) is 13.8. The SMILES string of the molecule is C/C(=C\NNC(C)C(C)C)c1cccc(C)c1. The van der Waals surface area contributed by atoms with Crippen molar-refractivity contribution in [3.05, 3.63) is 41.6 Å². The molecule has 0 fully saturated rings. The first-order chi connectivity index (χ1) is 8.00. The molecule has 0 heterocycles. The minimum absolute atomic E-state index is 0.455. The number of allylic oxidation sites excluding steroid dienone is 1. The molecule has 2 nitrogen and oxygen atoms in total. The van der Waals surface area contributed by atoms with Crippen molar-refractivity contribution in [2.45, 2.75) is 40.7 Å². The minimum atomic E-state index is 0.455. The van der Waals surface area contributed by atoms with E-state index in [-0.39, 0.29) is 0 Å². The number of rotatable bonds is 5. The maximum Gasteiger partial charge on any atom is 0.0255 e. The van der Waals surface area contributed by atoms with Crippen LogP contribution in [0.15, 0.2) is 30.5 Å². The molecule has 0 aliphatic carbocycles. The summed E-state index contributed by atoms with van der Waals surface area (Å²) in [6.45, 7) is 10.8. The predicted octanol–water partition coefficient (Wildman–Crippen LogP) is 3.49. The molecular weight excluding hydrogens is 208 g/mol. The highest BCUT2D eigenvalue weighted by atomic mass is 15.4. The van der Waals surface area contributed by atoms with E-state index in [4.69, 9.17) is 0 Å². The molecule has 1 rings (SSSR count). The zero-order chi connectivity index (χ0) is 12.8. The van der Waals surface area contributed by atoms with Crippen LogP contribution >= 0.6 is 0 Å². The Morgan fingerprint density at radius 2 is 1.94 bits per heavy atom. The van der Waals surface area contributed by atoms with Gasteiger partial charge in [0.05, 0.1) is 0 Å². The van der Waals surface area contributed by atoms with Crippen LogP contribution in [-0.2, 0) is 0 Å². The van der Waals surface area contributed by atoms with Crippen molar-refractivity contribution in [2.75, 3.05) is 0 Å². The van der Waals surface area contributed by atoms with Crippen LogP contribution in [0, 0.1) is 12.8 Å². The number of hydrogen-bond donors (Lipinski definition) is 2. The van der Waals surface area contributed by atoms with Gasteiger partial charge in [0.2, 0.25) is 0 Å². The van der Waals surface area contributed by atoms with Crippen molar-refractivity contribution < 1.29 is 0 Å². The van der Waals surface area contributed by atoms with Crippen LogP contribution in [0.1, 0.15) is 38.8 Å². The third-order valence-electron chi connectivity index (χ3n) is 3.07. The molecule has 0 aliphatic heterocycles. The summed E-state index contributed by atoms with van der Waals surface area (Å²) < 4.78 is 0. The van der Waals surface area contributed by atoms with E-state index >= 15 is 0 Å². The molecule has 0 spiro atoms. The van der Waals surface area contributed by atoms with Gasteiger partial charge in [-0.3, -0.25) is 0 Å². The van der Waals surface area contributed by atoms with Gasteiger partial charge in [-0.2, -0.15) is 0 Å². The second-order valence-corrected chi connectivity index (χ2v) is 5.02. The van der Waals surface area contributed by atoms with E-state index in [1.165, 1.54) is 16.7 Å². The lowest BCUT2D eigenvalue weighted by Crippen LogP contribution is -2.38. The van der Waals surface area contributed by atoms with Crippen LogP contribution in [-0.4, -0.2) is 6.04 Å². The van der Waals surface area contributed by atoms with Crippen molar-refractivity contribution in [3.8, 4) is 0 Å². The average Bonchev–Trinajstić information content (AvgIpc) is 2.28. The highest BCUT2D eigenvalue weighted by molar-refractivity contribution is 5.63. The lowest BCUT2D eigenvalue weighted by molar-refractivity contribution is 0.401. The van der Waals surface area contributed by atoms with Crippen LogP contribution in [0.5, 0.6) is 0 Å².